The molecule has 1 fully saturated rings. The van der Waals surface area contributed by atoms with Crippen molar-refractivity contribution in [2.75, 3.05) is 11.5 Å². The van der Waals surface area contributed by atoms with Crippen LogP contribution in [0, 0.1) is 13.8 Å². The molecule has 0 radical (unpaired) electrons. The molecule has 1 saturated heterocycles. The van der Waals surface area contributed by atoms with Gasteiger partial charge in [0, 0.05) is 17.0 Å². The molecule has 0 spiro atoms. The highest BCUT2D eigenvalue weighted by atomic mass is 32.2. The average Bonchev–Trinajstić information content (AvgIpc) is 3.03. The minimum atomic E-state index is -3.05. The molecule has 1 aromatic heterocycles. The standard InChI is InChI=1S/C22H22N2O4S/c1-14-6-5-7-15(2)20(14)24-21(25)18-9-4-3-8-17(18)19(22(24)26)12-23-16-10-11-29(27,28)13-16/h3-9,12,16,26H,10-11,13H2,1-2H3. The second kappa shape index (κ2) is 7.15. The minimum absolute atomic E-state index is 0.0126. The molecule has 1 aliphatic heterocycles. The van der Waals surface area contributed by atoms with E-state index in [0.29, 0.717) is 28.4 Å². The summed E-state index contributed by atoms with van der Waals surface area (Å²) < 4.78 is 24.8. The highest BCUT2D eigenvalue weighted by molar-refractivity contribution is 7.91. The molecule has 2 aromatic carbocycles. The van der Waals surface area contributed by atoms with Crippen LogP contribution < -0.4 is 5.56 Å². The van der Waals surface area contributed by atoms with Crippen LogP contribution in [0.5, 0.6) is 5.88 Å². The minimum Gasteiger partial charge on any atom is -0.494 e. The summed E-state index contributed by atoms with van der Waals surface area (Å²) in [5, 5.41) is 12.2. The lowest BCUT2D eigenvalue weighted by atomic mass is 10.0. The summed E-state index contributed by atoms with van der Waals surface area (Å²) in [6, 6.07) is 12.4. The van der Waals surface area contributed by atoms with E-state index < -0.39 is 9.84 Å². The average molecular weight is 410 g/mol. The van der Waals surface area contributed by atoms with E-state index in [4.69, 9.17) is 0 Å². The molecule has 1 aliphatic rings. The van der Waals surface area contributed by atoms with E-state index in [9.17, 15) is 18.3 Å². The van der Waals surface area contributed by atoms with Crippen molar-refractivity contribution >= 4 is 26.8 Å². The van der Waals surface area contributed by atoms with E-state index in [-0.39, 0.29) is 29.0 Å². The van der Waals surface area contributed by atoms with Gasteiger partial charge in [-0.25, -0.2) is 13.0 Å². The number of aryl methyl sites for hydroxylation is 2. The zero-order chi connectivity index (χ0) is 20.8. The van der Waals surface area contributed by atoms with Crippen LogP contribution in [0.25, 0.3) is 16.5 Å². The van der Waals surface area contributed by atoms with Crippen molar-refractivity contribution < 1.29 is 13.5 Å². The fourth-order valence-corrected chi connectivity index (χ4v) is 5.56. The fraction of sp³-hybridized carbons (Fsp3) is 0.273. The fourth-order valence-electron chi connectivity index (χ4n) is 3.93. The van der Waals surface area contributed by atoms with E-state index >= 15 is 0 Å². The first-order valence-electron chi connectivity index (χ1n) is 9.45. The van der Waals surface area contributed by atoms with Crippen LogP contribution in [0.1, 0.15) is 23.1 Å². The normalized spacial score (nSPS) is 18.6. The Balaban J connectivity index is 1.97. The van der Waals surface area contributed by atoms with E-state index in [2.05, 4.69) is 4.99 Å². The lowest BCUT2D eigenvalue weighted by molar-refractivity contribution is 0.435. The highest BCUT2D eigenvalue weighted by Crippen LogP contribution is 2.29. The lowest BCUT2D eigenvalue weighted by Gasteiger charge is -2.17. The van der Waals surface area contributed by atoms with Crippen molar-refractivity contribution in [3.8, 4) is 11.6 Å². The molecule has 29 heavy (non-hydrogen) atoms. The summed E-state index contributed by atoms with van der Waals surface area (Å²) in [6.07, 6.45) is 1.97. The molecule has 6 nitrogen and oxygen atoms in total. The third-order valence-electron chi connectivity index (χ3n) is 5.39. The summed E-state index contributed by atoms with van der Waals surface area (Å²) in [4.78, 5) is 17.7. The lowest BCUT2D eigenvalue weighted by Crippen LogP contribution is -2.22. The smallest absolute Gasteiger partial charge is 0.265 e. The monoisotopic (exact) mass is 410 g/mol. The number of hydrogen-bond acceptors (Lipinski definition) is 5. The summed E-state index contributed by atoms with van der Waals surface area (Å²) in [6.45, 7) is 3.78. The molecular formula is C22H22N2O4S. The number of rotatable bonds is 3. The predicted molar refractivity (Wildman–Crippen MR) is 115 cm³/mol. The van der Waals surface area contributed by atoms with Crippen LogP contribution in [0.3, 0.4) is 0 Å². The molecule has 0 bridgehead atoms. The number of pyridine rings is 1. The molecule has 1 atom stereocenters. The second-order valence-electron chi connectivity index (χ2n) is 7.50. The summed E-state index contributed by atoms with van der Waals surface area (Å²) in [5.74, 6) is -0.0572. The molecule has 0 amide bonds. The third kappa shape index (κ3) is 3.46. The summed E-state index contributed by atoms with van der Waals surface area (Å²) in [7, 11) is -3.05. The van der Waals surface area contributed by atoms with E-state index in [1.165, 1.54) is 10.8 Å². The van der Waals surface area contributed by atoms with Crippen molar-refractivity contribution in [3.05, 3.63) is 69.5 Å². The third-order valence-corrected chi connectivity index (χ3v) is 7.14. The van der Waals surface area contributed by atoms with Gasteiger partial charge in [0.25, 0.3) is 5.56 Å². The Bertz CT molecular complexity index is 1290. The Morgan fingerprint density at radius 2 is 1.72 bits per heavy atom. The number of para-hydroxylation sites is 1. The van der Waals surface area contributed by atoms with Crippen molar-refractivity contribution in [3.63, 3.8) is 0 Å². The van der Waals surface area contributed by atoms with Gasteiger partial charge in [0.15, 0.2) is 9.84 Å². The quantitative estimate of drug-likeness (QED) is 0.673. The first-order valence-corrected chi connectivity index (χ1v) is 11.3. The van der Waals surface area contributed by atoms with Gasteiger partial charge in [0.2, 0.25) is 5.88 Å². The van der Waals surface area contributed by atoms with Gasteiger partial charge in [-0.2, -0.15) is 0 Å². The van der Waals surface area contributed by atoms with Crippen molar-refractivity contribution in [2.45, 2.75) is 26.3 Å². The van der Waals surface area contributed by atoms with Crippen molar-refractivity contribution in [1.29, 1.82) is 0 Å². The van der Waals surface area contributed by atoms with Gasteiger partial charge in [-0.05, 0) is 37.5 Å². The summed E-state index contributed by atoms with van der Waals surface area (Å²) >= 11 is 0. The molecule has 4 rings (SSSR count). The number of aromatic hydroxyl groups is 1. The molecule has 0 aliphatic carbocycles. The number of aliphatic imine (C=N–C) groups is 1. The van der Waals surface area contributed by atoms with Crippen LogP contribution in [-0.4, -0.2) is 41.9 Å². The molecule has 0 saturated carbocycles. The molecule has 150 valence electrons. The molecule has 1 unspecified atom stereocenters. The van der Waals surface area contributed by atoms with Crippen LogP contribution in [0.15, 0.2) is 52.3 Å². The van der Waals surface area contributed by atoms with Crippen molar-refractivity contribution in [2.24, 2.45) is 4.99 Å². The Labute approximate surface area is 169 Å². The largest absolute Gasteiger partial charge is 0.494 e. The number of benzene rings is 2. The maximum atomic E-state index is 13.2. The van der Waals surface area contributed by atoms with Gasteiger partial charge in [0.1, 0.15) is 0 Å². The molecular weight excluding hydrogens is 388 g/mol. The van der Waals surface area contributed by atoms with Gasteiger partial charge in [0.05, 0.1) is 28.8 Å². The number of nitrogens with zero attached hydrogens (tertiary/aromatic N) is 2. The maximum absolute atomic E-state index is 13.2. The Kier molecular flexibility index (Phi) is 4.78. The topological polar surface area (TPSA) is 88.7 Å². The molecule has 1 N–H and O–H groups in total. The molecule has 7 heteroatoms. The van der Waals surface area contributed by atoms with Gasteiger partial charge in [-0.15, -0.1) is 0 Å². The Hall–Kier alpha value is -2.93. The first kappa shape index (κ1) is 19.4. The first-order chi connectivity index (χ1) is 13.8. The van der Waals surface area contributed by atoms with E-state index in [0.717, 1.165) is 11.1 Å². The molecule has 2 heterocycles. The number of sulfone groups is 1. The van der Waals surface area contributed by atoms with Gasteiger partial charge < -0.3 is 5.11 Å². The van der Waals surface area contributed by atoms with Gasteiger partial charge in [-0.3, -0.25) is 9.79 Å². The Morgan fingerprint density at radius 1 is 1.07 bits per heavy atom. The zero-order valence-electron chi connectivity index (χ0n) is 16.3. The molecule has 3 aromatic rings. The highest BCUT2D eigenvalue weighted by Gasteiger charge is 2.27. The SMILES string of the molecule is Cc1cccc(C)c1-n1c(O)c(C=NC2CCS(=O)(=O)C2)c2ccccc2c1=O. The summed E-state index contributed by atoms with van der Waals surface area (Å²) in [5.41, 5.74) is 2.46. The van der Waals surface area contributed by atoms with Crippen LogP contribution in [0.2, 0.25) is 0 Å². The predicted octanol–water partition coefficient (Wildman–Crippen LogP) is 2.92. The van der Waals surface area contributed by atoms with Crippen LogP contribution in [0.4, 0.5) is 0 Å². The van der Waals surface area contributed by atoms with E-state index in [1.807, 2.05) is 32.0 Å². The van der Waals surface area contributed by atoms with E-state index in [1.54, 1.807) is 24.3 Å². The number of fused-ring (bicyclic) bond motifs is 1. The van der Waals surface area contributed by atoms with Gasteiger partial charge in [-0.1, -0.05) is 36.4 Å². The number of aromatic nitrogens is 1. The maximum Gasteiger partial charge on any atom is 0.265 e. The second-order valence-corrected chi connectivity index (χ2v) is 9.73. The van der Waals surface area contributed by atoms with Gasteiger partial charge >= 0.3 is 0 Å². The zero-order valence-corrected chi connectivity index (χ0v) is 17.1. The Morgan fingerprint density at radius 3 is 2.34 bits per heavy atom. The van der Waals surface area contributed by atoms with Crippen molar-refractivity contribution in [1.82, 2.24) is 4.57 Å². The van der Waals surface area contributed by atoms with Crippen LogP contribution in [-0.2, 0) is 9.84 Å². The van der Waals surface area contributed by atoms with Crippen LogP contribution >= 0.6 is 0 Å². The number of hydrogen-bond donors (Lipinski definition) is 1.